The van der Waals surface area contributed by atoms with Crippen molar-refractivity contribution in [2.45, 2.75) is 18.3 Å². The summed E-state index contributed by atoms with van der Waals surface area (Å²) >= 11 is 6.05. The minimum atomic E-state index is -0.406. The van der Waals surface area contributed by atoms with Crippen LogP contribution in [0, 0.1) is 11.3 Å². The summed E-state index contributed by atoms with van der Waals surface area (Å²) < 4.78 is 0. The SMILES string of the molecule is C=Cc1cnc(C2(C#N)CC2)c(Cl)c1. The molecule has 0 radical (unpaired) electrons. The summed E-state index contributed by atoms with van der Waals surface area (Å²) in [4.78, 5) is 4.23. The Morgan fingerprint density at radius 3 is 2.79 bits per heavy atom. The fourth-order valence-corrected chi connectivity index (χ4v) is 1.80. The van der Waals surface area contributed by atoms with Gasteiger partial charge in [0.15, 0.2) is 0 Å². The highest BCUT2D eigenvalue weighted by molar-refractivity contribution is 6.31. The third-order valence-corrected chi connectivity index (χ3v) is 2.80. The van der Waals surface area contributed by atoms with Crippen LogP contribution in [0.15, 0.2) is 18.8 Å². The van der Waals surface area contributed by atoms with Gasteiger partial charge < -0.3 is 0 Å². The number of hydrogen-bond acceptors (Lipinski definition) is 2. The molecule has 0 aromatic carbocycles. The zero-order chi connectivity index (χ0) is 10.2. The Bertz CT molecular complexity index is 427. The van der Waals surface area contributed by atoms with Gasteiger partial charge in [-0.05, 0) is 24.5 Å². The molecule has 0 saturated heterocycles. The highest BCUT2D eigenvalue weighted by atomic mass is 35.5. The van der Waals surface area contributed by atoms with E-state index in [4.69, 9.17) is 16.9 Å². The lowest BCUT2D eigenvalue weighted by molar-refractivity contribution is 0.854. The second-order valence-corrected chi connectivity index (χ2v) is 3.90. The van der Waals surface area contributed by atoms with Gasteiger partial charge in [-0.25, -0.2) is 0 Å². The molecular formula is C11H9ClN2. The highest BCUT2D eigenvalue weighted by Gasteiger charge is 2.47. The molecule has 0 amide bonds. The molecule has 0 bridgehead atoms. The first-order valence-corrected chi connectivity index (χ1v) is 4.79. The van der Waals surface area contributed by atoms with E-state index in [1.807, 2.05) is 0 Å². The predicted octanol–water partition coefficient (Wildman–Crippen LogP) is 2.93. The molecule has 14 heavy (non-hydrogen) atoms. The Labute approximate surface area is 87.8 Å². The topological polar surface area (TPSA) is 36.7 Å². The molecule has 0 unspecified atom stereocenters. The van der Waals surface area contributed by atoms with Crippen molar-refractivity contribution in [2.24, 2.45) is 0 Å². The first kappa shape index (κ1) is 9.23. The van der Waals surface area contributed by atoms with Gasteiger partial charge in [0.25, 0.3) is 0 Å². The van der Waals surface area contributed by atoms with E-state index in [2.05, 4.69) is 17.6 Å². The summed E-state index contributed by atoms with van der Waals surface area (Å²) in [5, 5.41) is 9.56. The lowest BCUT2D eigenvalue weighted by Gasteiger charge is -2.07. The smallest absolute Gasteiger partial charge is 0.101 e. The van der Waals surface area contributed by atoms with E-state index in [-0.39, 0.29) is 0 Å². The molecule has 1 aromatic rings. The molecule has 1 saturated carbocycles. The van der Waals surface area contributed by atoms with Crippen LogP contribution in [0.25, 0.3) is 6.08 Å². The Morgan fingerprint density at radius 2 is 2.36 bits per heavy atom. The molecule has 1 heterocycles. The fraction of sp³-hybridized carbons (Fsp3) is 0.273. The standard InChI is InChI=1S/C11H9ClN2/c1-2-8-5-9(12)10(14-6-8)11(7-13)3-4-11/h2,5-6H,1,3-4H2. The van der Waals surface area contributed by atoms with Gasteiger partial charge in [0, 0.05) is 6.20 Å². The van der Waals surface area contributed by atoms with Crippen LogP contribution in [-0.2, 0) is 5.41 Å². The quantitative estimate of drug-likeness (QED) is 0.743. The Hall–Kier alpha value is -1.33. The number of pyridine rings is 1. The molecule has 1 fully saturated rings. The van der Waals surface area contributed by atoms with Gasteiger partial charge in [0.1, 0.15) is 5.41 Å². The molecule has 70 valence electrons. The van der Waals surface area contributed by atoms with E-state index in [0.29, 0.717) is 10.7 Å². The van der Waals surface area contributed by atoms with Crippen molar-refractivity contribution in [1.29, 1.82) is 5.26 Å². The second-order valence-electron chi connectivity index (χ2n) is 3.50. The number of nitriles is 1. The molecule has 0 aliphatic heterocycles. The van der Waals surface area contributed by atoms with Crippen molar-refractivity contribution in [3.8, 4) is 6.07 Å². The van der Waals surface area contributed by atoms with E-state index >= 15 is 0 Å². The zero-order valence-electron chi connectivity index (χ0n) is 7.63. The van der Waals surface area contributed by atoms with E-state index in [0.717, 1.165) is 18.4 Å². The Kier molecular flexibility index (Phi) is 2.05. The molecule has 0 spiro atoms. The summed E-state index contributed by atoms with van der Waals surface area (Å²) in [6, 6.07) is 4.07. The average molecular weight is 205 g/mol. The van der Waals surface area contributed by atoms with Crippen LogP contribution in [-0.4, -0.2) is 4.98 Å². The Morgan fingerprint density at radius 1 is 1.64 bits per heavy atom. The van der Waals surface area contributed by atoms with Gasteiger partial charge in [0.05, 0.1) is 16.8 Å². The van der Waals surface area contributed by atoms with Crippen LogP contribution >= 0.6 is 11.6 Å². The van der Waals surface area contributed by atoms with Gasteiger partial charge in [-0.15, -0.1) is 0 Å². The third-order valence-electron chi connectivity index (χ3n) is 2.52. The molecule has 2 rings (SSSR count). The first-order valence-electron chi connectivity index (χ1n) is 4.41. The van der Waals surface area contributed by atoms with Crippen molar-refractivity contribution in [3.63, 3.8) is 0 Å². The first-order chi connectivity index (χ1) is 6.72. The van der Waals surface area contributed by atoms with Crippen molar-refractivity contribution in [3.05, 3.63) is 35.1 Å². The van der Waals surface area contributed by atoms with Gasteiger partial charge in [-0.1, -0.05) is 24.3 Å². The largest absolute Gasteiger partial charge is 0.257 e. The molecule has 0 N–H and O–H groups in total. The number of aromatic nitrogens is 1. The molecule has 2 nitrogen and oxygen atoms in total. The number of rotatable bonds is 2. The van der Waals surface area contributed by atoms with Crippen molar-refractivity contribution >= 4 is 17.7 Å². The maximum atomic E-state index is 8.99. The minimum Gasteiger partial charge on any atom is -0.257 e. The molecule has 0 atom stereocenters. The van der Waals surface area contributed by atoms with Gasteiger partial charge in [-0.2, -0.15) is 5.26 Å². The molecule has 3 heteroatoms. The van der Waals surface area contributed by atoms with Gasteiger partial charge in [0.2, 0.25) is 0 Å². The lowest BCUT2D eigenvalue weighted by Crippen LogP contribution is -2.06. The molecular weight excluding hydrogens is 196 g/mol. The monoisotopic (exact) mass is 204 g/mol. The third kappa shape index (κ3) is 1.30. The van der Waals surface area contributed by atoms with Crippen LogP contribution in [0.4, 0.5) is 0 Å². The summed E-state index contributed by atoms with van der Waals surface area (Å²) in [5.41, 5.74) is 1.19. The van der Waals surface area contributed by atoms with Gasteiger partial charge >= 0.3 is 0 Å². The van der Waals surface area contributed by atoms with E-state index in [1.54, 1.807) is 18.3 Å². The fourth-order valence-electron chi connectivity index (χ4n) is 1.44. The van der Waals surface area contributed by atoms with Crippen molar-refractivity contribution < 1.29 is 0 Å². The van der Waals surface area contributed by atoms with E-state index < -0.39 is 5.41 Å². The summed E-state index contributed by atoms with van der Waals surface area (Å²) in [6.45, 7) is 3.64. The number of hydrogen-bond donors (Lipinski definition) is 0. The van der Waals surface area contributed by atoms with Crippen molar-refractivity contribution in [2.75, 3.05) is 0 Å². The van der Waals surface area contributed by atoms with Crippen LogP contribution in [0.1, 0.15) is 24.1 Å². The highest BCUT2D eigenvalue weighted by Crippen LogP contribution is 2.48. The van der Waals surface area contributed by atoms with E-state index in [9.17, 15) is 0 Å². The van der Waals surface area contributed by atoms with Crippen molar-refractivity contribution in [1.82, 2.24) is 4.98 Å². The second kappa shape index (κ2) is 3.11. The van der Waals surface area contributed by atoms with Crippen LogP contribution < -0.4 is 0 Å². The normalized spacial score (nSPS) is 17.1. The maximum Gasteiger partial charge on any atom is 0.101 e. The minimum absolute atomic E-state index is 0.406. The number of halogens is 1. The molecule has 1 aromatic heterocycles. The van der Waals surface area contributed by atoms with Crippen LogP contribution in [0.3, 0.4) is 0 Å². The summed E-state index contributed by atoms with van der Waals surface area (Å²) in [6.07, 6.45) is 5.12. The zero-order valence-corrected chi connectivity index (χ0v) is 8.38. The van der Waals surface area contributed by atoms with Gasteiger partial charge in [-0.3, -0.25) is 4.98 Å². The lowest BCUT2D eigenvalue weighted by atomic mass is 10.0. The molecule has 1 aliphatic rings. The molecule has 1 aliphatic carbocycles. The average Bonchev–Trinajstić information content (AvgIpc) is 2.98. The van der Waals surface area contributed by atoms with E-state index in [1.165, 1.54) is 0 Å². The maximum absolute atomic E-state index is 8.99. The summed E-state index contributed by atoms with van der Waals surface area (Å²) in [5.74, 6) is 0. The predicted molar refractivity (Wildman–Crippen MR) is 55.9 cm³/mol. The van der Waals surface area contributed by atoms with Crippen LogP contribution in [0.2, 0.25) is 5.02 Å². The van der Waals surface area contributed by atoms with Crippen LogP contribution in [0.5, 0.6) is 0 Å². The number of nitrogens with zero attached hydrogens (tertiary/aromatic N) is 2. The Balaban J connectivity index is 2.47. The summed E-state index contributed by atoms with van der Waals surface area (Å²) in [7, 11) is 0.